The van der Waals surface area contributed by atoms with Crippen molar-refractivity contribution in [3.05, 3.63) is 40.5 Å². The number of alkyl halides is 6. The molecule has 0 atom stereocenters. The van der Waals surface area contributed by atoms with Gasteiger partial charge in [0.05, 0.1) is 0 Å². The van der Waals surface area contributed by atoms with Crippen LogP contribution in [0.5, 0.6) is 0 Å². The minimum Gasteiger partial charge on any atom is -0.262 e. The standard InChI is InChI=1S/C12H7ClF6N2/c1-21-10(12(17,18)19)8(11(14,15)16)9(20-21)6-2-4-7(13)5-3-6/h2-5H,1H3. The van der Waals surface area contributed by atoms with Gasteiger partial charge in [-0.2, -0.15) is 31.4 Å². The zero-order chi connectivity index (χ0) is 16.0. The first-order valence-electron chi connectivity index (χ1n) is 5.49. The lowest BCUT2D eigenvalue weighted by Crippen LogP contribution is -2.18. The van der Waals surface area contributed by atoms with Crippen LogP contribution in [0.25, 0.3) is 11.3 Å². The van der Waals surface area contributed by atoms with Crippen LogP contribution in [0.2, 0.25) is 5.02 Å². The van der Waals surface area contributed by atoms with Crippen molar-refractivity contribution in [3.8, 4) is 11.3 Å². The van der Waals surface area contributed by atoms with Crippen LogP contribution in [-0.2, 0) is 19.4 Å². The second-order valence-electron chi connectivity index (χ2n) is 4.20. The summed E-state index contributed by atoms with van der Waals surface area (Å²) in [7, 11) is 0.817. The van der Waals surface area contributed by atoms with E-state index in [1.54, 1.807) is 0 Å². The molecule has 0 aliphatic carbocycles. The zero-order valence-corrected chi connectivity index (χ0v) is 11.1. The molecule has 2 aromatic rings. The molecule has 9 heteroatoms. The summed E-state index contributed by atoms with van der Waals surface area (Å²) in [5.41, 5.74) is -4.52. The highest BCUT2D eigenvalue weighted by molar-refractivity contribution is 6.30. The fourth-order valence-electron chi connectivity index (χ4n) is 1.93. The average Bonchev–Trinajstić information content (AvgIpc) is 2.67. The minimum absolute atomic E-state index is 0.0992. The maximum Gasteiger partial charge on any atom is 0.433 e. The lowest BCUT2D eigenvalue weighted by Gasteiger charge is -2.13. The minimum atomic E-state index is -5.19. The molecule has 0 N–H and O–H groups in total. The van der Waals surface area contributed by atoms with Crippen LogP contribution < -0.4 is 0 Å². The lowest BCUT2D eigenvalue weighted by atomic mass is 10.1. The smallest absolute Gasteiger partial charge is 0.262 e. The molecule has 21 heavy (non-hydrogen) atoms. The number of hydrogen-bond donors (Lipinski definition) is 0. The fourth-order valence-corrected chi connectivity index (χ4v) is 2.05. The Bertz CT molecular complexity index is 654. The molecule has 0 spiro atoms. The highest BCUT2D eigenvalue weighted by atomic mass is 35.5. The molecule has 2 nitrogen and oxygen atoms in total. The molecular formula is C12H7ClF6N2. The highest BCUT2D eigenvalue weighted by Gasteiger charge is 2.49. The van der Waals surface area contributed by atoms with Gasteiger partial charge in [0.2, 0.25) is 0 Å². The number of rotatable bonds is 1. The van der Waals surface area contributed by atoms with Crippen molar-refractivity contribution < 1.29 is 26.3 Å². The largest absolute Gasteiger partial charge is 0.433 e. The molecule has 1 heterocycles. The van der Waals surface area contributed by atoms with E-state index >= 15 is 0 Å². The van der Waals surface area contributed by atoms with Gasteiger partial charge in [0.15, 0.2) is 5.69 Å². The van der Waals surface area contributed by atoms with Crippen LogP contribution in [0.4, 0.5) is 26.3 Å². The number of nitrogens with zero attached hydrogens (tertiary/aromatic N) is 2. The third kappa shape index (κ3) is 2.99. The molecule has 0 fully saturated rings. The van der Waals surface area contributed by atoms with Crippen LogP contribution in [-0.4, -0.2) is 9.78 Å². The van der Waals surface area contributed by atoms with Crippen LogP contribution >= 0.6 is 11.6 Å². The predicted molar refractivity (Wildman–Crippen MR) is 63.7 cm³/mol. The van der Waals surface area contributed by atoms with Crippen molar-refractivity contribution in [3.63, 3.8) is 0 Å². The maximum atomic E-state index is 13.0. The van der Waals surface area contributed by atoms with Gasteiger partial charge in [-0.3, -0.25) is 4.68 Å². The first kappa shape index (κ1) is 15.7. The van der Waals surface area contributed by atoms with E-state index in [9.17, 15) is 26.3 Å². The Labute approximate surface area is 119 Å². The maximum absolute atomic E-state index is 13.0. The topological polar surface area (TPSA) is 17.8 Å². The summed E-state index contributed by atoms with van der Waals surface area (Å²) in [6.45, 7) is 0. The molecule has 0 amide bonds. The Morgan fingerprint density at radius 2 is 1.48 bits per heavy atom. The molecule has 114 valence electrons. The summed E-state index contributed by atoms with van der Waals surface area (Å²) in [6.07, 6.45) is -10.4. The van der Waals surface area contributed by atoms with E-state index in [1.165, 1.54) is 24.3 Å². The van der Waals surface area contributed by atoms with Crippen LogP contribution in [0.1, 0.15) is 11.3 Å². The quantitative estimate of drug-likeness (QED) is 0.689. The van der Waals surface area contributed by atoms with E-state index < -0.39 is 29.3 Å². The van der Waals surface area contributed by atoms with Gasteiger partial charge < -0.3 is 0 Å². The molecule has 0 unspecified atom stereocenters. The Morgan fingerprint density at radius 1 is 0.952 bits per heavy atom. The Hall–Kier alpha value is -1.70. The van der Waals surface area contributed by atoms with Crippen molar-refractivity contribution >= 4 is 11.6 Å². The summed E-state index contributed by atoms with van der Waals surface area (Å²) in [5, 5.41) is 3.63. The number of halogens is 7. The predicted octanol–water partition coefficient (Wildman–Crippen LogP) is 4.78. The van der Waals surface area contributed by atoms with Crippen LogP contribution in [0.3, 0.4) is 0 Å². The van der Waals surface area contributed by atoms with Crippen molar-refractivity contribution in [1.82, 2.24) is 9.78 Å². The van der Waals surface area contributed by atoms with Crippen LogP contribution in [0, 0.1) is 0 Å². The number of aryl methyl sites for hydroxylation is 1. The number of hydrogen-bond acceptors (Lipinski definition) is 1. The van der Waals surface area contributed by atoms with Gasteiger partial charge >= 0.3 is 12.4 Å². The van der Waals surface area contributed by atoms with Crippen molar-refractivity contribution in [2.24, 2.45) is 7.05 Å². The third-order valence-electron chi connectivity index (χ3n) is 2.72. The molecule has 0 saturated carbocycles. The van der Waals surface area contributed by atoms with E-state index in [1.807, 2.05) is 0 Å². The van der Waals surface area contributed by atoms with E-state index in [2.05, 4.69) is 5.10 Å². The average molecular weight is 329 g/mol. The van der Waals surface area contributed by atoms with E-state index in [-0.39, 0.29) is 15.3 Å². The first-order valence-corrected chi connectivity index (χ1v) is 5.87. The second-order valence-corrected chi connectivity index (χ2v) is 4.63. The monoisotopic (exact) mass is 328 g/mol. The summed E-state index contributed by atoms with van der Waals surface area (Å²) in [4.78, 5) is 0. The van der Waals surface area contributed by atoms with Gasteiger partial charge in [0, 0.05) is 17.6 Å². The summed E-state index contributed by atoms with van der Waals surface area (Å²) in [6, 6.07) is 4.91. The van der Waals surface area contributed by atoms with Gasteiger partial charge in [-0.1, -0.05) is 23.7 Å². The summed E-state index contributed by atoms with van der Waals surface area (Å²) >= 11 is 5.61. The molecule has 0 radical (unpaired) electrons. The molecule has 1 aromatic carbocycles. The van der Waals surface area contributed by atoms with Crippen molar-refractivity contribution in [2.75, 3.05) is 0 Å². The second kappa shape index (κ2) is 4.94. The molecule has 0 aliphatic heterocycles. The third-order valence-corrected chi connectivity index (χ3v) is 2.97. The fraction of sp³-hybridized carbons (Fsp3) is 0.250. The van der Waals surface area contributed by atoms with Gasteiger partial charge in [-0.15, -0.1) is 0 Å². The summed E-state index contributed by atoms with van der Waals surface area (Å²) in [5.74, 6) is 0. The molecular weight excluding hydrogens is 322 g/mol. The lowest BCUT2D eigenvalue weighted by molar-refractivity contribution is -0.165. The highest BCUT2D eigenvalue weighted by Crippen LogP contribution is 2.44. The Morgan fingerprint density at radius 3 is 1.90 bits per heavy atom. The normalized spacial score (nSPS) is 12.8. The Kier molecular flexibility index (Phi) is 3.69. The molecule has 2 rings (SSSR count). The van der Waals surface area contributed by atoms with Crippen LogP contribution in [0.15, 0.2) is 24.3 Å². The number of benzene rings is 1. The molecule has 0 aliphatic rings. The van der Waals surface area contributed by atoms with Gasteiger partial charge in [-0.25, -0.2) is 0 Å². The molecule has 0 saturated heterocycles. The first-order chi connectivity index (χ1) is 9.51. The number of aromatic nitrogens is 2. The van der Waals surface area contributed by atoms with Gasteiger partial charge in [-0.05, 0) is 12.1 Å². The van der Waals surface area contributed by atoms with Gasteiger partial charge in [0.1, 0.15) is 11.3 Å². The zero-order valence-electron chi connectivity index (χ0n) is 10.3. The van der Waals surface area contributed by atoms with E-state index in [0.717, 1.165) is 7.05 Å². The van der Waals surface area contributed by atoms with Gasteiger partial charge in [0.25, 0.3) is 0 Å². The summed E-state index contributed by atoms with van der Waals surface area (Å²) < 4.78 is 77.9. The van der Waals surface area contributed by atoms with Crippen molar-refractivity contribution in [2.45, 2.75) is 12.4 Å². The van der Waals surface area contributed by atoms with Crippen molar-refractivity contribution in [1.29, 1.82) is 0 Å². The van der Waals surface area contributed by atoms with E-state index in [0.29, 0.717) is 0 Å². The molecule has 0 bridgehead atoms. The molecule has 1 aromatic heterocycles. The van der Waals surface area contributed by atoms with E-state index in [4.69, 9.17) is 11.6 Å². The Balaban J connectivity index is 2.76. The SMILES string of the molecule is Cn1nc(-c2ccc(Cl)cc2)c(C(F)(F)F)c1C(F)(F)F.